The Hall–Kier alpha value is -3.62. The van der Waals surface area contributed by atoms with Crippen molar-refractivity contribution in [2.45, 2.75) is 12.8 Å². The molecule has 0 unspecified atom stereocenters. The van der Waals surface area contributed by atoms with E-state index in [1.165, 1.54) is 6.07 Å². The van der Waals surface area contributed by atoms with Gasteiger partial charge in [0, 0.05) is 30.3 Å². The summed E-state index contributed by atoms with van der Waals surface area (Å²) in [5.41, 5.74) is 0.734. The lowest BCUT2D eigenvalue weighted by Gasteiger charge is -2.22. The van der Waals surface area contributed by atoms with E-state index in [-0.39, 0.29) is 24.2 Å². The van der Waals surface area contributed by atoms with E-state index in [1.807, 2.05) is 0 Å². The molecule has 144 valence electrons. The summed E-state index contributed by atoms with van der Waals surface area (Å²) < 4.78 is 26.2. The molecule has 0 saturated carbocycles. The smallest absolute Gasteiger partial charge is 0.271 e. The summed E-state index contributed by atoms with van der Waals surface area (Å²) >= 11 is 0. The molecule has 1 heterocycles. The fourth-order valence-electron chi connectivity index (χ4n) is 2.52. The lowest BCUT2D eigenvalue weighted by Crippen LogP contribution is -2.40. The highest BCUT2D eigenvalue weighted by Crippen LogP contribution is 2.15. The molecule has 9 heteroatoms. The number of amides is 3. The molecular weight excluding hydrogens is 370 g/mol. The van der Waals surface area contributed by atoms with Crippen LogP contribution in [-0.4, -0.2) is 35.0 Å². The second-order valence-electron chi connectivity index (χ2n) is 6.00. The van der Waals surface area contributed by atoms with Gasteiger partial charge in [-0.3, -0.25) is 14.4 Å². The van der Waals surface area contributed by atoms with Crippen molar-refractivity contribution in [1.29, 1.82) is 0 Å². The molecule has 2 N–H and O–H groups in total. The first-order valence-electron chi connectivity index (χ1n) is 8.41. The minimum atomic E-state index is -1.11. The van der Waals surface area contributed by atoms with Crippen LogP contribution in [0.15, 0.2) is 53.6 Å². The maximum atomic E-state index is 13.2. The maximum Gasteiger partial charge on any atom is 0.271 e. The molecule has 28 heavy (non-hydrogen) atoms. The van der Waals surface area contributed by atoms with Gasteiger partial charge in [0.1, 0.15) is 12.3 Å². The molecule has 0 fully saturated rings. The van der Waals surface area contributed by atoms with Crippen LogP contribution in [0.2, 0.25) is 0 Å². The Morgan fingerprint density at radius 1 is 0.964 bits per heavy atom. The molecule has 0 saturated heterocycles. The molecule has 7 nitrogen and oxygen atoms in total. The number of halogens is 2. The van der Waals surface area contributed by atoms with Crippen molar-refractivity contribution >= 4 is 34.8 Å². The van der Waals surface area contributed by atoms with Crippen LogP contribution in [0.3, 0.4) is 0 Å². The molecule has 0 radical (unpaired) electrons. The lowest BCUT2D eigenvalue weighted by molar-refractivity contribution is -0.135. The van der Waals surface area contributed by atoms with Gasteiger partial charge in [-0.15, -0.1) is 0 Å². The average Bonchev–Trinajstić information content (AvgIpc) is 2.67. The quantitative estimate of drug-likeness (QED) is 0.827. The van der Waals surface area contributed by atoms with E-state index in [0.29, 0.717) is 5.69 Å². The van der Waals surface area contributed by atoms with Crippen LogP contribution >= 0.6 is 0 Å². The predicted molar refractivity (Wildman–Crippen MR) is 98.4 cm³/mol. The Labute approximate surface area is 159 Å². The second kappa shape index (κ2) is 8.38. The molecule has 0 bridgehead atoms. The number of rotatable bonds is 5. The normalized spacial score (nSPS) is 13.7. The van der Waals surface area contributed by atoms with Crippen molar-refractivity contribution in [3.8, 4) is 0 Å². The number of hydrogen-bond acceptors (Lipinski definition) is 4. The molecule has 2 aromatic rings. The predicted octanol–water partition coefficient (Wildman–Crippen LogP) is 2.52. The first-order valence-corrected chi connectivity index (χ1v) is 8.41. The molecule has 0 atom stereocenters. The average molecular weight is 386 g/mol. The summed E-state index contributed by atoms with van der Waals surface area (Å²) in [6.07, 6.45) is 0.179. The van der Waals surface area contributed by atoms with Gasteiger partial charge in [-0.1, -0.05) is 18.2 Å². The van der Waals surface area contributed by atoms with Crippen molar-refractivity contribution in [3.05, 3.63) is 60.2 Å². The first-order chi connectivity index (χ1) is 13.4. The summed E-state index contributed by atoms with van der Waals surface area (Å²) in [4.78, 5) is 36.4. The van der Waals surface area contributed by atoms with E-state index in [1.54, 1.807) is 30.3 Å². The molecule has 1 aliphatic heterocycles. The van der Waals surface area contributed by atoms with Crippen LogP contribution < -0.4 is 10.6 Å². The van der Waals surface area contributed by atoms with Crippen LogP contribution in [-0.2, 0) is 14.4 Å². The summed E-state index contributed by atoms with van der Waals surface area (Å²) in [6.45, 7) is -0.458. The third-order valence-corrected chi connectivity index (χ3v) is 3.90. The summed E-state index contributed by atoms with van der Waals surface area (Å²) in [6, 6.07) is 11.6. The molecule has 3 amide bonds. The van der Waals surface area contributed by atoms with Gasteiger partial charge in [0.05, 0.1) is 0 Å². The van der Waals surface area contributed by atoms with Crippen molar-refractivity contribution in [3.63, 3.8) is 0 Å². The van der Waals surface area contributed by atoms with E-state index in [4.69, 9.17) is 0 Å². The number of benzene rings is 2. The monoisotopic (exact) mass is 386 g/mol. The van der Waals surface area contributed by atoms with Gasteiger partial charge in [-0.2, -0.15) is 5.10 Å². The van der Waals surface area contributed by atoms with E-state index < -0.39 is 35.9 Å². The molecule has 3 rings (SSSR count). The van der Waals surface area contributed by atoms with Crippen molar-refractivity contribution in [1.82, 2.24) is 5.01 Å². The number of nitrogens with zero attached hydrogens (tertiary/aromatic N) is 2. The van der Waals surface area contributed by atoms with Crippen LogP contribution in [0.5, 0.6) is 0 Å². The topological polar surface area (TPSA) is 90.9 Å². The number of hydrogen-bond donors (Lipinski definition) is 2. The van der Waals surface area contributed by atoms with Gasteiger partial charge in [0.15, 0.2) is 11.6 Å². The van der Waals surface area contributed by atoms with Crippen molar-refractivity contribution < 1.29 is 23.2 Å². The number of carbonyl (C=O) groups is 3. The van der Waals surface area contributed by atoms with Crippen LogP contribution in [0.4, 0.5) is 20.2 Å². The minimum Gasteiger partial charge on any atom is -0.324 e. The van der Waals surface area contributed by atoms with E-state index >= 15 is 0 Å². The highest BCUT2D eigenvalue weighted by molar-refractivity contribution is 6.43. The highest BCUT2D eigenvalue weighted by Gasteiger charge is 2.26. The zero-order chi connectivity index (χ0) is 20.1. The van der Waals surface area contributed by atoms with Gasteiger partial charge in [0.25, 0.3) is 5.91 Å². The third-order valence-electron chi connectivity index (χ3n) is 3.90. The van der Waals surface area contributed by atoms with Gasteiger partial charge in [-0.25, -0.2) is 13.8 Å². The third kappa shape index (κ3) is 4.76. The Morgan fingerprint density at radius 2 is 1.71 bits per heavy atom. The Kier molecular flexibility index (Phi) is 5.73. The van der Waals surface area contributed by atoms with Gasteiger partial charge < -0.3 is 10.6 Å². The zero-order valence-electron chi connectivity index (χ0n) is 14.6. The second-order valence-corrected chi connectivity index (χ2v) is 6.00. The fourth-order valence-corrected chi connectivity index (χ4v) is 2.52. The van der Waals surface area contributed by atoms with Crippen LogP contribution in [0.25, 0.3) is 0 Å². The molecular formula is C19H16F2N4O3. The van der Waals surface area contributed by atoms with Gasteiger partial charge in [-0.05, 0) is 24.3 Å². The number of para-hydroxylation sites is 1. The molecule has 1 aliphatic rings. The molecule has 0 aliphatic carbocycles. The summed E-state index contributed by atoms with van der Waals surface area (Å²) in [5, 5.41) is 9.87. The number of carbonyl (C=O) groups excluding carboxylic acids is 3. The Morgan fingerprint density at radius 3 is 2.43 bits per heavy atom. The van der Waals surface area contributed by atoms with Crippen LogP contribution in [0, 0.1) is 11.6 Å². The molecule has 0 spiro atoms. The first kappa shape index (κ1) is 19.2. The fraction of sp³-hybridized carbons (Fsp3) is 0.158. The number of anilines is 2. The van der Waals surface area contributed by atoms with Gasteiger partial charge in [0.2, 0.25) is 11.8 Å². The standard InChI is InChI=1S/C19H16F2N4O3/c20-14-7-6-13(10-15(14)21)22-17(26)11-25-18(27)9-8-16(24-25)19(28)23-12-4-2-1-3-5-12/h1-7,10H,8-9,11H2,(H,22,26)(H,23,28). The van der Waals surface area contributed by atoms with E-state index in [0.717, 1.165) is 17.1 Å². The minimum absolute atomic E-state index is 0.0273. The van der Waals surface area contributed by atoms with E-state index in [9.17, 15) is 23.2 Å². The summed E-state index contributed by atoms with van der Waals surface area (Å²) in [5.74, 6) is -3.69. The highest BCUT2D eigenvalue weighted by atomic mass is 19.2. The maximum absolute atomic E-state index is 13.2. The number of hydrazone groups is 1. The van der Waals surface area contributed by atoms with Crippen molar-refractivity contribution in [2.24, 2.45) is 5.10 Å². The Balaban J connectivity index is 1.65. The van der Waals surface area contributed by atoms with E-state index in [2.05, 4.69) is 15.7 Å². The molecule has 0 aromatic heterocycles. The zero-order valence-corrected chi connectivity index (χ0v) is 14.6. The lowest BCUT2D eigenvalue weighted by atomic mass is 10.1. The molecule has 2 aromatic carbocycles. The summed E-state index contributed by atoms with van der Waals surface area (Å²) in [7, 11) is 0. The SMILES string of the molecule is O=C(CN1N=C(C(=O)Nc2ccccc2)CCC1=O)Nc1ccc(F)c(F)c1. The number of nitrogens with one attached hydrogen (secondary N) is 2. The van der Waals surface area contributed by atoms with Crippen molar-refractivity contribution in [2.75, 3.05) is 17.2 Å². The largest absolute Gasteiger partial charge is 0.324 e. The Bertz CT molecular complexity index is 947. The van der Waals surface area contributed by atoms with Crippen LogP contribution in [0.1, 0.15) is 12.8 Å². The van der Waals surface area contributed by atoms with Gasteiger partial charge >= 0.3 is 0 Å².